The van der Waals surface area contributed by atoms with Crippen molar-refractivity contribution in [2.75, 3.05) is 6.54 Å². The van der Waals surface area contributed by atoms with Gasteiger partial charge in [-0.25, -0.2) is 18.5 Å². The first kappa shape index (κ1) is 26.1. The highest BCUT2D eigenvalue weighted by molar-refractivity contribution is 7.89. The number of amides is 1. The van der Waals surface area contributed by atoms with Gasteiger partial charge in [0, 0.05) is 28.8 Å². The van der Waals surface area contributed by atoms with E-state index in [9.17, 15) is 28.2 Å². The van der Waals surface area contributed by atoms with E-state index in [1.54, 1.807) is 18.2 Å². The lowest BCUT2D eigenvalue weighted by atomic mass is 9.96. The van der Waals surface area contributed by atoms with E-state index >= 15 is 0 Å². The van der Waals surface area contributed by atoms with Gasteiger partial charge in [-0.05, 0) is 48.5 Å². The third-order valence-electron chi connectivity index (χ3n) is 5.63. The number of phenols is 2. The highest BCUT2D eigenvalue weighted by Crippen LogP contribution is 2.42. The second kappa shape index (κ2) is 9.84. The van der Waals surface area contributed by atoms with Crippen molar-refractivity contribution in [1.82, 2.24) is 15.3 Å². The van der Waals surface area contributed by atoms with E-state index in [2.05, 4.69) is 15.3 Å². The number of nitrogens with zero attached hydrogens (tertiary/aromatic N) is 1. The lowest BCUT2D eigenvalue weighted by molar-refractivity contribution is -0.136. The lowest BCUT2D eigenvalue weighted by Gasteiger charge is -2.14. The summed E-state index contributed by atoms with van der Waals surface area (Å²) in [5.74, 6) is -2.72. The summed E-state index contributed by atoms with van der Waals surface area (Å²) in [5, 5.41) is 45.9. The first-order valence-electron chi connectivity index (χ1n) is 10.9. The Balaban J connectivity index is 1.92. The maximum absolute atomic E-state index is 12.9. The minimum atomic E-state index is -4.17. The van der Waals surface area contributed by atoms with Gasteiger partial charge < -0.3 is 31.4 Å². The molecule has 0 spiro atoms. The number of aliphatic carboxylic acids is 1. The van der Waals surface area contributed by atoms with Gasteiger partial charge >= 0.3 is 5.97 Å². The van der Waals surface area contributed by atoms with Crippen molar-refractivity contribution < 1.29 is 33.3 Å². The SMILES string of the molecule is N=C(N)c1ccc2[nH]c(-c3cc(C(=O)NCCC(=O)O)cc(-c4cc(S(N)(=O)=O)ccc4O)c3O)nc2c1. The smallest absolute Gasteiger partial charge is 0.305 e. The Morgan fingerprint density at radius 2 is 1.71 bits per heavy atom. The predicted octanol–water partition coefficient (Wildman–Crippen LogP) is 1.44. The van der Waals surface area contributed by atoms with E-state index in [4.69, 9.17) is 21.4 Å². The quantitative estimate of drug-likeness (QED) is 0.119. The topological polar surface area (TPSA) is 246 Å². The number of primary sulfonamides is 1. The number of phenolic OH excluding ortho intramolecular Hbond substituents is 2. The molecule has 0 radical (unpaired) electrons. The average Bonchev–Trinajstić information content (AvgIpc) is 3.26. The Morgan fingerprint density at radius 3 is 2.37 bits per heavy atom. The number of carbonyl (C=O) groups is 2. The number of benzene rings is 3. The Kier molecular flexibility index (Phi) is 6.76. The number of amidine groups is 1. The summed E-state index contributed by atoms with van der Waals surface area (Å²) in [5.41, 5.74) is 6.63. The summed E-state index contributed by atoms with van der Waals surface area (Å²) in [6, 6.07) is 10.5. The summed E-state index contributed by atoms with van der Waals surface area (Å²) in [4.78, 5) is 30.8. The fourth-order valence-corrected chi connectivity index (χ4v) is 4.29. The Morgan fingerprint density at radius 1 is 1.00 bits per heavy atom. The number of rotatable bonds is 8. The number of imidazole rings is 1. The normalized spacial score (nSPS) is 11.4. The van der Waals surface area contributed by atoms with Gasteiger partial charge in [0.15, 0.2) is 0 Å². The largest absolute Gasteiger partial charge is 0.507 e. The molecule has 0 saturated carbocycles. The van der Waals surface area contributed by atoms with E-state index in [1.807, 2.05) is 0 Å². The first-order chi connectivity index (χ1) is 17.8. The molecule has 0 aliphatic heterocycles. The van der Waals surface area contributed by atoms with Crippen LogP contribution in [-0.4, -0.2) is 58.0 Å². The Hall–Kier alpha value is -4.95. The number of aromatic amines is 1. The first-order valence-corrected chi connectivity index (χ1v) is 12.5. The van der Waals surface area contributed by atoms with Crippen LogP contribution >= 0.6 is 0 Å². The number of carboxylic acid groups (broad SMARTS) is 1. The van der Waals surface area contributed by atoms with E-state index in [-0.39, 0.29) is 51.8 Å². The van der Waals surface area contributed by atoms with Gasteiger partial charge in [-0.3, -0.25) is 15.0 Å². The van der Waals surface area contributed by atoms with Crippen molar-refractivity contribution in [3.63, 3.8) is 0 Å². The molecule has 4 aromatic rings. The molecular weight excluding hydrogens is 516 g/mol. The van der Waals surface area contributed by atoms with E-state index in [1.165, 1.54) is 12.1 Å². The summed E-state index contributed by atoms with van der Waals surface area (Å²) < 4.78 is 23.8. The lowest BCUT2D eigenvalue weighted by Crippen LogP contribution is -2.26. The fraction of sp³-hybridized carbons (Fsp3) is 0.0833. The standard InChI is InChI=1S/C24H22N6O7S/c25-22(26)11-1-3-17-18(9-11)30-23(29-17)16-8-12(24(35)28-6-5-20(32)33)7-15(21(16)34)14-10-13(38(27,36)37)2-4-19(14)31/h1-4,7-10,31,34H,5-6H2,(H3,25,26)(H,28,35)(H,29,30)(H,32,33)(H2,27,36,37). The number of nitrogen functional groups attached to an aromatic ring is 1. The molecule has 3 aromatic carbocycles. The maximum Gasteiger partial charge on any atom is 0.305 e. The van der Waals surface area contributed by atoms with E-state index in [0.717, 1.165) is 18.2 Å². The van der Waals surface area contributed by atoms with Gasteiger partial charge in [0.2, 0.25) is 10.0 Å². The van der Waals surface area contributed by atoms with Crippen LogP contribution in [0.15, 0.2) is 53.4 Å². The van der Waals surface area contributed by atoms with Crippen LogP contribution in [0.5, 0.6) is 11.5 Å². The number of hydrogen-bond acceptors (Lipinski definition) is 8. The third-order valence-corrected chi connectivity index (χ3v) is 6.54. The van der Waals surface area contributed by atoms with Crippen molar-refractivity contribution in [1.29, 1.82) is 5.41 Å². The summed E-state index contributed by atoms with van der Waals surface area (Å²) >= 11 is 0. The molecule has 0 atom stereocenters. The van der Waals surface area contributed by atoms with E-state index < -0.39 is 33.4 Å². The predicted molar refractivity (Wildman–Crippen MR) is 137 cm³/mol. The molecule has 1 heterocycles. The zero-order valence-electron chi connectivity index (χ0n) is 19.5. The zero-order chi connectivity index (χ0) is 27.8. The molecule has 1 aromatic heterocycles. The van der Waals surface area contributed by atoms with Crippen LogP contribution in [0.1, 0.15) is 22.3 Å². The Bertz CT molecular complexity index is 1730. The molecule has 14 heteroatoms. The summed E-state index contributed by atoms with van der Waals surface area (Å²) in [6.07, 6.45) is -0.331. The van der Waals surface area contributed by atoms with Crippen molar-refractivity contribution in [3.8, 4) is 34.0 Å². The fourth-order valence-electron chi connectivity index (χ4n) is 3.75. The number of aromatic hydroxyl groups is 2. The molecule has 0 unspecified atom stereocenters. The molecule has 0 aliphatic carbocycles. The number of sulfonamides is 1. The molecule has 1 amide bonds. The van der Waals surface area contributed by atoms with Crippen molar-refractivity contribution in [2.45, 2.75) is 11.3 Å². The second-order valence-electron chi connectivity index (χ2n) is 8.27. The number of nitrogens with one attached hydrogen (secondary N) is 3. The molecule has 4 rings (SSSR count). The van der Waals surface area contributed by atoms with Crippen LogP contribution in [0.4, 0.5) is 0 Å². The molecule has 10 N–H and O–H groups in total. The van der Waals surface area contributed by atoms with Gasteiger partial charge in [0.1, 0.15) is 23.2 Å². The van der Waals surface area contributed by atoms with Gasteiger partial charge in [-0.1, -0.05) is 0 Å². The number of hydrogen-bond donors (Lipinski definition) is 8. The molecule has 38 heavy (non-hydrogen) atoms. The van der Waals surface area contributed by atoms with Crippen LogP contribution in [0.3, 0.4) is 0 Å². The number of H-pyrrole nitrogens is 1. The maximum atomic E-state index is 12.9. The number of fused-ring (bicyclic) bond motifs is 1. The number of carboxylic acids is 1. The minimum Gasteiger partial charge on any atom is -0.507 e. The molecule has 0 fully saturated rings. The number of carbonyl (C=O) groups excluding carboxylic acids is 1. The Labute approximate surface area is 215 Å². The van der Waals surface area contributed by atoms with E-state index in [0.29, 0.717) is 16.6 Å². The molecule has 196 valence electrons. The van der Waals surface area contributed by atoms with Gasteiger partial charge in [0.25, 0.3) is 5.91 Å². The van der Waals surface area contributed by atoms with Crippen molar-refractivity contribution >= 4 is 38.8 Å². The average molecular weight is 539 g/mol. The molecule has 0 saturated heterocycles. The van der Waals surface area contributed by atoms with Gasteiger partial charge in [-0.15, -0.1) is 0 Å². The molecule has 13 nitrogen and oxygen atoms in total. The van der Waals surface area contributed by atoms with Crippen LogP contribution < -0.4 is 16.2 Å². The van der Waals surface area contributed by atoms with Crippen LogP contribution in [0.25, 0.3) is 33.5 Å². The van der Waals surface area contributed by atoms with Crippen molar-refractivity contribution in [2.24, 2.45) is 10.9 Å². The molecular formula is C24H22N6O7S. The summed E-state index contributed by atoms with van der Waals surface area (Å²) in [6.45, 7) is -0.176. The number of aromatic nitrogens is 2. The second-order valence-corrected chi connectivity index (χ2v) is 9.84. The number of nitrogens with two attached hydrogens (primary N) is 2. The van der Waals surface area contributed by atoms with Gasteiger partial charge in [0.05, 0.1) is 27.9 Å². The highest BCUT2D eigenvalue weighted by atomic mass is 32.2. The molecule has 0 aliphatic rings. The minimum absolute atomic E-state index is 0.0202. The van der Waals surface area contributed by atoms with Crippen LogP contribution in [0, 0.1) is 5.41 Å². The molecule has 0 bridgehead atoms. The summed E-state index contributed by atoms with van der Waals surface area (Å²) in [7, 11) is -4.17. The van der Waals surface area contributed by atoms with Crippen LogP contribution in [0.2, 0.25) is 0 Å². The monoisotopic (exact) mass is 538 g/mol. The van der Waals surface area contributed by atoms with Gasteiger partial charge in [-0.2, -0.15) is 0 Å². The highest BCUT2D eigenvalue weighted by Gasteiger charge is 2.22. The van der Waals surface area contributed by atoms with Crippen LogP contribution in [-0.2, 0) is 14.8 Å². The third kappa shape index (κ3) is 5.25. The van der Waals surface area contributed by atoms with Crippen molar-refractivity contribution in [3.05, 3.63) is 59.7 Å². The zero-order valence-corrected chi connectivity index (χ0v) is 20.3.